The number of amides is 1. The summed E-state index contributed by atoms with van der Waals surface area (Å²) in [5.74, 6) is -2.09. The van der Waals surface area contributed by atoms with Crippen molar-refractivity contribution in [3.05, 3.63) is 46.3 Å². The van der Waals surface area contributed by atoms with Gasteiger partial charge in [0.15, 0.2) is 0 Å². The molecule has 2 aromatic rings. The highest BCUT2D eigenvalue weighted by Gasteiger charge is 2.38. The highest BCUT2D eigenvalue weighted by Crippen LogP contribution is 2.29. The number of nitrogens with zero attached hydrogens (tertiary/aromatic N) is 3. The van der Waals surface area contributed by atoms with Gasteiger partial charge in [-0.1, -0.05) is 45.6 Å². The van der Waals surface area contributed by atoms with Gasteiger partial charge >= 0.3 is 12.1 Å². The summed E-state index contributed by atoms with van der Waals surface area (Å²) in [6, 6.07) is 5.20. The van der Waals surface area contributed by atoms with E-state index in [4.69, 9.17) is 28.0 Å². The predicted octanol–water partition coefficient (Wildman–Crippen LogP) is 4.20. The standard InChI is InChI=1S/C16H13Cl2F3N4O3/c1-9(8-22-27-7-6-12(17)18)23-14(26)11-4-2-10(3-5-11)13-24-15(28-25-13)16(19,20)21/h2-6,8-9H,7H2,1H3,(H,23,26)/b22-8-. The number of hydrogen-bond acceptors (Lipinski definition) is 6. The molecule has 1 aromatic heterocycles. The van der Waals surface area contributed by atoms with Crippen LogP contribution in [0.5, 0.6) is 0 Å². The van der Waals surface area contributed by atoms with Gasteiger partial charge in [-0.25, -0.2) is 0 Å². The lowest BCUT2D eigenvalue weighted by molar-refractivity contribution is -0.159. The number of oxime groups is 1. The molecule has 0 aliphatic rings. The number of nitrogens with one attached hydrogen (secondary N) is 1. The molecule has 1 N–H and O–H groups in total. The lowest BCUT2D eigenvalue weighted by atomic mass is 10.1. The van der Waals surface area contributed by atoms with Crippen LogP contribution in [-0.2, 0) is 11.0 Å². The van der Waals surface area contributed by atoms with Crippen molar-refractivity contribution < 1.29 is 27.3 Å². The molecule has 0 radical (unpaired) electrons. The first kappa shape index (κ1) is 21.7. The van der Waals surface area contributed by atoms with Gasteiger partial charge in [-0.05, 0) is 25.1 Å². The van der Waals surface area contributed by atoms with Crippen LogP contribution in [0, 0.1) is 0 Å². The lowest BCUT2D eigenvalue weighted by Gasteiger charge is -2.09. The molecule has 0 aliphatic carbocycles. The maximum atomic E-state index is 12.5. The number of alkyl halides is 3. The van der Waals surface area contributed by atoms with Gasteiger partial charge in [-0.2, -0.15) is 18.2 Å². The molecule has 150 valence electrons. The van der Waals surface area contributed by atoms with E-state index in [0.29, 0.717) is 0 Å². The highest BCUT2D eigenvalue weighted by atomic mass is 35.5. The van der Waals surface area contributed by atoms with Crippen LogP contribution in [0.1, 0.15) is 23.2 Å². The van der Waals surface area contributed by atoms with Crippen LogP contribution in [0.25, 0.3) is 11.4 Å². The molecule has 1 atom stereocenters. The van der Waals surface area contributed by atoms with Crippen molar-refractivity contribution in [2.24, 2.45) is 5.16 Å². The number of aromatic nitrogens is 2. The van der Waals surface area contributed by atoms with Crippen LogP contribution < -0.4 is 5.32 Å². The molecule has 0 saturated carbocycles. The summed E-state index contributed by atoms with van der Waals surface area (Å²) in [6.07, 6.45) is -1.97. The van der Waals surface area contributed by atoms with Gasteiger partial charge in [0.1, 0.15) is 11.1 Å². The summed E-state index contributed by atoms with van der Waals surface area (Å²) < 4.78 is 41.7. The maximum absolute atomic E-state index is 12.5. The molecule has 0 saturated heterocycles. The van der Waals surface area contributed by atoms with E-state index in [9.17, 15) is 18.0 Å². The fourth-order valence-electron chi connectivity index (χ4n) is 1.83. The normalized spacial score (nSPS) is 12.6. The first-order valence-corrected chi connectivity index (χ1v) is 8.41. The largest absolute Gasteiger partial charge is 0.471 e. The Morgan fingerprint density at radius 2 is 2.04 bits per heavy atom. The number of carbonyl (C=O) groups excluding carboxylic acids is 1. The van der Waals surface area contributed by atoms with Crippen molar-refractivity contribution in [2.75, 3.05) is 6.61 Å². The summed E-state index contributed by atoms with van der Waals surface area (Å²) in [5, 5.41) is 9.57. The fourth-order valence-corrected chi connectivity index (χ4v) is 1.96. The Hall–Kier alpha value is -2.59. The molecule has 1 unspecified atom stereocenters. The quantitative estimate of drug-likeness (QED) is 0.399. The van der Waals surface area contributed by atoms with Gasteiger partial charge < -0.3 is 14.7 Å². The first-order chi connectivity index (χ1) is 13.2. The van der Waals surface area contributed by atoms with Gasteiger partial charge in [0.2, 0.25) is 5.82 Å². The second-order valence-electron chi connectivity index (χ2n) is 5.30. The van der Waals surface area contributed by atoms with E-state index in [0.717, 1.165) is 0 Å². The van der Waals surface area contributed by atoms with Crippen molar-refractivity contribution in [3.8, 4) is 11.4 Å². The van der Waals surface area contributed by atoms with Crippen LogP contribution in [0.3, 0.4) is 0 Å². The third-order valence-corrected chi connectivity index (χ3v) is 3.41. The smallest absolute Gasteiger partial charge is 0.392 e. The molecule has 7 nitrogen and oxygen atoms in total. The summed E-state index contributed by atoms with van der Waals surface area (Å²) in [7, 11) is 0. The maximum Gasteiger partial charge on any atom is 0.471 e. The number of halogens is 5. The average molecular weight is 437 g/mol. The van der Waals surface area contributed by atoms with Crippen molar-refractivity contribution in [1.29, 1.82) is 0 Å². The number of benzene rings is 1. The van der Waals surface area contributed by atoms with Crippen LogP contribution in [0.15, 0.2) is 44.5 Å². The Morgan fingerprint density at radius 3 is 2.61 bits per heavy atom. The third-order valence-electron chi connectivity index (χ3n) is 3.10. The molecule has 12 heteroatoms. The SMILES string of the molecule is CC(/C=N\OCC=C(Cl)Cl)NC(=O)c1ccc(-c2noc(C(F)(F)F)n2)cc1. The van der Waals surface area contributed by atoms with Crippen LogP contribution in [-0.4, -0.2) is 34.9 Å². The van der Waals surface area contributed by atoms with E-state index < -0.39 is 24.0 Å². The Kier molecular flexibility index (Phi) is 7.41. The molecule has 0 spiro atoms. The Labute approximate surface area is 167 Å². The molecule has 1 heterocycles. The van der Waals surface area contributed by atoms with Crippen molar-refractivity contribution in [2.45, 2.75) is 19.1 Å². The van der Waals surface area contributed by atoms with E-state index in [1.54, 1.807) is 6.92 Å². The Balaban J connectivity index is 1.93. The zero-order valence-electron chi connectivity index (χ0n) is 14.2. The number of hydrogen-bond donors (Lipinski definition) is 1. The monoisotopic (exact) mass is 436 g/mol. The Bertz CT molecular complexity index is 863. The summed E-state index contributed by atoms with van der Waals surface area (Å²) in [5.41, 5.74) is 0.547. The molecular weight excluding hydrogens is 424 g/mol. The second-order valence-corrected chi connectivity index (χ2v) is 6.31. The van der Waals surface area contributed by atoms with E-state index in [1.807, 2.05) is 0 Å². The first-order valence-electron chi connectivity index (χ1n) is 7.65. The van der Waals surface area contributed by atoms with Gasteiger partial charge in [-0.3, -0.25) is 4.79 Å². The summed E-state index contributed by atoms with van der Waals surface area (Å²) >= 11 is 10.8. The fraction of sp³-hybridized carbons (Fsp3) is 0.250. The summed E-state index contributed by atoms with van der Waals surface area (Å²) in [4.78, 5) is 20.3. The second kappa shape index (κ2) is 9.56. The molecule has 0 fully saturated rings. The molecule has 2 rings (SSSR count). The van der Waals surface area contributed by atoms with Crippen LogP contribution >= 0.6 is 23.2 Å². The van der Waals surface area contributed by atoms with Crippen molar-refractivity contribution in [3.63, 3.8) is 0 Å². The molecular formula is C16H13Cl2F3N4O3. The van der Waals surface area contributed by atoms with Gasteiger partial charge in [0.05, 0.1) is 12.3 Å². The molecule has 1 amide bonds. The summed E-state index contributed by atoms with van der Waals surface area (Å²) in [6.45, 7) is 1.74. The lowest BCUT2D eigenvalue weighted by Crippen LogP contribution is -2.33. The van der Waals surface area contributed by atoms with E-state index in [-0.39, 0.29) is 28.0 Å². The minimum atomic E-state index is -4.72. The van der Waals surface area contributed by atoms with E-state index in [1.165, 1.54) is 36.6 Å². The zero-order valence-corrected chi connectivity index (χ0v) is 15.7. The van der Waals surface area contributed by atoms with Gasteiger partial charge in [0.25, 0.3) is 5.91 Å². The average Bonchev–Trinajstić information content (AvgIpc) is 3.12. The van der Waals surface area contributed by atoms with Gasteiger partial charge in [-0.15, -0.1) is 0 Å². The molecule has 0 aliphatic heterocycles. The van der Waals surface area contributed by atoms with Crippen molar-refractivity contribution in [1.82, 2.24) is 15.5 Å². The van der Waals surface area contributed by atoms with E-state index >= 15 is 0 Å². The predicted molar refractivity (Wildman–Crippen MR) is 95.9 cm³/mol. The van der Waals surface area contributed by atoms with Crippen molar-refractivity contribution >= 4 is 35.3 Å². The molecule has 1 aromatic carbocycles. The van der Waals surface area contributed by atoms with E-state index in [2.05, 4.69) is 25.1 Å². The minimum absolute atomic E-state index is 0.0513. The molecule has 28 heavy (non-hydrogen) atoms. The number of carbonyl (C=O) groups is 1. The number of rotatable bonds is 7. The van der Waals surface area contributed by atoms with Crippen LogP contribution in [0.2, 0.25) is 0 Å². The van der Waals surface area contributed by atoms with Gasteiger partial charge in [0, 0.05) is 11.1 Å². The third kappa shape index (κ3) is 6.54. The highest BCUT2D eigenvalue weighted by molar-refractivity contribution is 6.55. The Morgan fingerprint density at radius 1 is 1.36 bits per heavy atom. The minimum Gasteiger partial charge on any atom is -0.392 e. The molecule has 0 bridgehead atoms. The zero-order chi connectivity index (χ0) is 20.7. The van der Waals surface area contributed by atoms with Crippen LogP contribution in [0.4, 0.5) is 13.2 Å². The topological polar surface area (TPSA) is 89.6 Å².